The maximum Gasteiger partial charge on any atom is 0.329 e. The summed E-state index contributed by atoms with van der Waals surface area (Å²) >= 11 is 0. The lowest BCUT2D eigenvalue weighted by molar-refractivity contribution is -0.131. The highest BCUT2D eigenvalue weighted by Crippen LogP contribution is 1.78. The summed E-state index contributed by atoms with van der Waals surface area (Å²) in [7, 11) is 0. The topological polar surface area (TPSA) is 86.6 Å². The van der Waals surface area contributed by atoms with Crippen molar-refractivity contribution < 1.29 is 19.8 Å². The van der Waals surface area contributed by atoms with Gasteiger partial charge in [-0.3, -0.25) is 4.79 Å². The summed E-state index contributed by atoms with van der Waals surface area (Å²) in [6.07, 6.45) is 2.16. The Bertz CT molecular complexity index is 188. The molecule has 12 heavy (non-hydrogen) atoms. The Balaban J connectivity index is 3.43. The monoisotopic (exact) mass is 173 g/mol. The van der Waals surface area contributed by atoms with Crippen LogP contribution < -0.4 is 5.32 Å². The third-order valence-electron chi connectivity index (χ3n) is 1.03. The average molecular weight is 173 g/mol. The maximum absolute atomic E-state index is 10.7. The zero-order valence-electron chi connectivity index (χ0n) is 6.49. The summed E-state index contributed by atoms with van der Waals surface area (Å²) in [6.45, 7) is -0.131. The average Bonchev–Trinajstić information content (AvgIpc) is 1.98. The van der Waals surface area contributed by atoms with Gasteiger partial charge in [0.1, 0.15) is 0 Å². The van der Waals surface area contributed by atoms with Crippen LogP contribution in [-0.4, -0.2) is 35.1 Å². The van der Waals surface area contributed by atoms with Gasteiger partial charge < -0.3 is 15.5 Å². The van der Waals surface area contributed by atoms with Gasteiger partial charge in [-0.05, 0) is 0 Å². The summed E-state index contributed by atoms with van der Waals surface area (Å²) in [6, 6.07) is 0. The fourth-order valence-electron chi connectivity index (χ4n) is 0.516. The normalized spacial score (nSPS) is 10.1. The van der Waals surface area contributed by atoms with Crippen LogP contribution >= 0.6 is 0 Å². The molecule has 0 radical (unpaired) electrons. The molecule has 0 rings (SSSR count). The lowest BCUT2D eigenvalue weighted by Gasteiger charge is -1.96. The van der Waals surface area contributed by atoms with Gasteiger partial charge >= 0.3 is 5.97 Å². The molecule has 0 atom stereocenters. The number of Topliss-reactive ketones (excluding diaryl/α,β-unsaturated/α-hetero) is 1. The lowest BCUT2D eigenvalue weighted by Crippen LogP contribution is -2.18. The Morgan fingerprint density at radius 1 is 1.42 bits per heavy atom. The predicted molar refractivity (Wildman–Crippen MR) is 41.5 cm³/mol. The molecule has 0 saturated heterocycles. The number of hydrogen-bond donors (Lipinski definition) is 3. The second-order valence-corrected chi connectivity index (χ2v) is 2.06. The maximum atomic E-state index is 10.7. The minimum atomic E-state index is -1.07. The molecule has 0 aliphatic rings. The van der Waals surface area contributed by atoms with Gasteiger partial charge in [-0.25, -0.2) is 4.79 Å². The van der Waals surface area contributed by atoms with Crippen LogP contribution in [-0.2, 0) is 9.59 Å². The molecule has 0 saturated carbocycles. The number of carbonyl (C=O) groups excluding carboxylic acids is 1. The van der Waals surface area contributed by atoms with E-state index in [1.807, 2.05) is 0 Å². The van der Waals surface area contributed by atoms with Crippen LogP contribution in [0.2, 0.25) is 0 Å². The van der Waals surface area contributed by atoms with Crippen molar-refractivity contribution >= 4 is 11.8 Å². The molecule has 0 aromatic rings. The number of nitrogens with one attached hydrogen (secondary N) is 1. The van der Waals surface area contributed by atoms with E-state index in [9.17, 15) is 9.59 Å². The van der Waals surface area contributed by atoms with E-state index in [2.05, 4.69) is 5.32 Å². The van der Waals surface area contributed by atoms with E-state index in [0.29, 0.717) is 0 Å². The minimum Gasteiger partial charge on any atom is -0.478 e. The van der Waals surface area contributed by atoms with Crippen LogP contribution in [0.15, 0.2) is 12.3 Å². The number of carbonyl (C=O) groups is 2. The molecule has 0 aromatic carbocycles. The molecular weight excluding hydrogens is 162 g/mol. The van der Waals surface area contributed by atoms with E-state index >= 15 is 0 Å². The molecule has 0 fully saturated rings. The Kier molecular flexibility index (Phi) is 5.64. The van der Waals surface area contributed by atoms with Crippen molar-refractivity contribution in [2.45, 2.75) is 6.42 Å². The molecule has 0 unspecified atom stereocenters. The molecule has 3 N–H and O–H groups in total. The first kappa shape index (κ1) is 10.6. The number of ketones is 1. The summed E-state index contributed by atoms with van der Waals surface area (Å²) in [5, 5.41) is 18.9. The molecule has 68 valence electrons. The van der Waals surface area contributed by atoms with Crippen LogP contribution in [0.4, 0.5) is 0 Å². The molecular formula is C7H11NO4. The first-order valence-electron chi connectivity index (χ1n) is 3.42. The van der Waals surface area contributed by atoms with Gasteiger partial charge in [-0.1, -0.05) is 0 Å². The van der Waals surface area contributed by atoms with E-state index in [4.69, 9.17) is 10.2 Å². The van der Waals surface area contributed by atoms with Crippen molar-refractivity contribution in [1.29, 1.82) is 0 Å². The largest absolute Gasteiger partial charge is 0.478 e. The highest BCUT2D eigenvalue weighted by atomic mass is 16.4. The van der Waals surface area contributed by atoms with E-state index < -0.39 is 5.97 Å². The number of aliphatic carboxylic acids is 1. The van der Waals surface area contributed by atoms with Gasteiger partial charge in [0, 0.05) is 18.7 Å². The van der Waals surface area contributed by atoms with Crippen molar-refractivity contribution in [2.24, 2.45) is 0 Å². The van der Waals surface area contributed by atoms with Crippen LogP contribution in [0.5, 0.6) is 0 Å². The van der Waals surface area contributed by atoms with E-state index in [-0.39, 0.29) is 25.4 Å². The second kappa shape index (κ2) is 6.36. The first-order valence-corrected chi connectivity index (χ1v) is 3.42. The van der Waals surface area contributed by atoms with E-state index in [0.717, 1.165) is 6.08 Å². The number of hydrogen-bond acceptors (Lipinski definition) is 4. The Labute approximate surface area is 69.7 Å². The number of aliphatic hydroxyl groups is 1. The SMILES string of the molecule is O=C(O)/C=C\NCC(=O)CCO. The third kappa shape index (κ3) is 6.76. The van der Waals surface area contributed by atoms with E-state index in [1.165, 1.54) is 6.20 Å². The Morgan fingerprint density at radius 3 is 2.58 bits per heavy atom. The molecule has 0 heterocycles. The first-order chi connectivity index (χ1) is 5.66. The van der Waals surface area contributed by atoms with Gasteiger partial charge in [0.05, 0.1) is 13.2 Å². The van der Waals surface area contributed by atoms with Gasteiger partial charge in [-0.15, -0.1) is 0 Å². The van der Waals surface area contributed by atoms with E-state index in [1.54, 1.807) is 0 Å². The number of aliphatic hydroxyl groups excluding tert-OH is 1. The lowest BCUT2D eigenvalue weighted by atomic mass is 10.3. The zero-order valence-corrected chi connectivity index (χ0v) is 6.49. The number of rotatable bonds is 6. The predicted octanol–water partition coefficient (Wildman–Crippen LogP) is -0.874. The zero-order chi connectivity index (χ0) is 9.40. The van der Waals surface area contributed by atoms with Crippen LogP contribution in [0.1, 0.15) is 6.42 Å². The minimum absolute atomic E-state index is 0.0460. The van der Waals surface area contributed by atoms with Crippen molar-refractivity contribution in [2.75, 3.05) is 13.2 Å². The fraction of sp³-hybridized carbons (Fsp3) is 0.429. The third-order valence-corrected chi connectivity index (χ3v) is 1.03. The second-order valence-electron chi connectivity index (χ2n) is 2.06. The molecule has 0 bridgehead atoms. The molecule has 5 nitrogen and oxygen atoms in total. The van der Waals surface area contributed by atoms with Gasteiger partial charge in [0.2, 0.25) is 0 Å². The Hall–Kier alpha value is -1.36. The molecule has 0 aliphatic heterocycles. The molecule has 5 heteroatoms. The van der Waals surface area contributed by atoms with Gasteiger partial charge in [0.15, 0.2) is 5.78 Å². The summed E-state index contributed by atoms with van der Waals surface area (Å²) in [5.41, 5.74) is 0. The van der Waals surface area contributed by atoms with Crippen molar-refractivity contribution in [3.05, 3.63) is 12.3 Å². The van der Waals surface area contributed by atoms with Crippen LogP contribution in [0.3, 0.4) is 0 Å². The summed E-state index contributed by atoms with van der Waals surface area (Å²) in [5.74, 6) is -1.23. The fourth-order valence-corrected chi connectivity index (χ4v) is 0.516. The number of carboxylic acids is 1. The van der Waals surface area contributed by atoms with Gasteiger partial charge in [0.25, 0.3) is 0 Å². The van der Waals surface area contributed by atoms with Crippen molar-refractivity contribution in [3.63, 3.8) is 0 Å². The standard InChI is InChI=1S/C7H11NO4/c9-4-2-6(10)5-8-3-1-7(11)12/h1,3,8-9H,2,4-5H2,(H,11,12)/b3-1-. The van der Waals surface area contributed by atoms with Crippen LogP contribution in [0.25, 0.3) is 0 Å². The molecule has 0 spiro atoms. The van der Waals surface area contributed by atoms with Crippen molar-refractivity contribution in [1.82, 2.24) is 5.32 Å². The highest BCUT2D eigenvalue weighted by Gasteiger charge is 1.96. The smallest absolute Gasteiger partial charge is 0.329 e. The molecule has 0 amide bonds. The highest BCUT2D eigenvalue weighted by molar-refractivity contribution is 5.81. The number of carboxylic acid groups (broad SMARTS) is 1. The quantitative estimate of drug-likeness (QED) is 0.454. The van der Waals surface area contributed by atoms with Crippen LogP contribution in [0, 0.1) is 0 Å². The summed E-state index contributed by atoms with van der Waals surface area (Å²) < 4.78 is 0. The molecule has 0 aromatic heterocycles. The van der Waals surface area contributed by atoms with Gasteiger partial charge in [-0.2, -0.15) is 0 Å². The van der Waals surface area contributed by atoms with Crippen molar-refractivity contribution in [3.8, 4) is 0 Å². The summed E-state index contributed by atoms with van der Waals surface area (Å²) in [4.78, 5) is 20.6. The molecule has 0 aliphatic carbocycles. The Morgan fingerprint density at radius 2 is 2.08 bits per heavy atom.